The summed E-state index contributed by atoms with van der Waals surface area (Å²) < 4.78 is 0. The van der Waals surface area contributed by atoms with Crippen LogP contribution in [0.2, 0.25) is 0 Å². The van der Waals surface area contributed by atoms with E-state index in [0.717, 1.165) is 38.0 Å². The van der Waals surface area contributed by atoms with Crippen LogP contribution in [0, 0.1) is 0 Å². The Morgan fingerprint density at radius 2 is 2.00 bits per heavy atom. The standard InChI is InChI=1S/C24H31N3/c1-6-18(4)27-13-11-19(12-14-27)23-16-22-15-20(9-10-21(22)17-25-23)24(7-2)26(5)8-3/h7-10,15-17,19H,3-4,6,11-14H2,1-2,5H3/b24-7-. The third-order valence-corrected chi connectivity index (χ3v) is 5.73. The van der Waals surface area contributed by atoms with Gasteiger partial charge in [-0.15, -0.1) is 0 Å². The molecule has 2 aromatic rings. The van der Waals surface area contributed by atoms with Gasteiger partial charge in [-0.1, -0.05) is 38.3 Å². The van der Waals surface area contributed by atoms with E-state index in [4.69, 9.17) is 4.98 Å². The van der Waals surface area contributed by atoms with Crippen LogP contribution in [0.4, 0.5) is 0 Å². The Bertz CT molecular complexity index is 857. The first-order chi connectivity index (χ1) is 13.1. The molecule has 27 heavy (non-hydrogen) atoms. The normalized spacial score (nSPS) is 15.8. The minimum Gasteiger partial charge on any atom is -0.375 e. The SMILES string of the molecule is C=CN(C)/C(=C\C)c1ccc2cnc(C3CCN(C(=C)CC)CC3)cc2c1. The van der Waals surface area contributed by atoms with Gasteiger partial charge in [-0.25, -0.2) is 0 Å². The molecule has 0 amide bonds. The van der Waals surface area contributed by atoms with Crippen molar-refractivity contribution in [1.29, 1.82) is 0 Å². The van der Waals surface area contributed by atoms with Crippen molar-refractivity contribution < 1.29 is 0 Å². The molecule has 1 fully saturated rings. The van der Waals surface area contributed by atoms with Crippen LogP contribution in [0.15, 0.2) is 61.6 Å². The lowest BCUT2D eigenvalue weighted by molar-refractivity contribution is 0.256. The van der Waals surface area contributed by atoms with Gasteiger partial charge in [0.1, 0.15) is 0 Å². The molecule has 3 heteroatoms. The second-order valence-electron chi connectivity index (χ2n) is 7.32. The third kappa shape index (κ3) is 4.08. The molecule has 1 aliphatic rings. The first-order valence-corrected chi connectivity index (χ1v) is 9.91. The van der Waals surface area contributed by atoms with Gasteiger partial charge in [-0.2, -0.15) is 0 Å². The summed E-state index contributed by atoms with van der Waals surface area (Å²) in [6.45, 7) is 14.5. The van der Waals surface area contributed by atoms with Gasteiger partial charge in [0, 0.05) is 54.7 Å². The number of likely N-dealkylation sites (tertiary alicyclic amines) is 1. The summed E-state index contributed by atoms with van der Waals surface area (Å²) in [6.07, 6.45) is 9.33. The first kappa shape index (κ1) is 19.2. The van der Waals surface area contributed by atoms with Gasteiger partial charge in [-0.3, -0.25) is 4.98 Å². The fourth-order valence-electron chi connectivity index (χ4n) is 3.93. The van der Waals surface area contributed by atoms with E-state index < -0.39 is 0 Å². The Morgan fingerprint density at radius 3 is 2.63 bits per heavy atom. The Labute approximate surface area is 163 Å². The van der Waals surface area contributed by atoms with E-state index in [1.54, 1.807) is 0 Å². The summed E-state index contributed by atoms with van der Waals surface area (Å²) >= 11 is 0. The lowest BCUT2D eigenvalue weighted by Crippen LogP contribution is -2.32. The highest BCUT2D eigenvalue weighted by Gasteiger charge is 2.22. The van der Waals surface area contributed by atoms with E-state index in [1.807, 2.05) is 19.4 Å². The fourth-order valence-corrected chi connectivity index (χ4v) is 3.93. The van der Waals surface area contributed by atoms with Gasteiger partial charge in [0.2, 0.25) is 0 Å². The van der Waals surface area contributed by atoms with Gasteiger partial charge in [-0.05, 0) is 55.5 Å². The van der Waals surface area contributed by atoms with E-state index >= 15 is 0 Å². The van der Waals surface area contributed by atoms with Crippen LogP contribution in [-0.2, 0) is 0 Å². The predicted molar refractivity (Wildman–Crippen MR) is 116 cm³/mol. The minimum atomic E-state index is 0.538. The second kappa shape index (κ2) is 8.43. The van der Waals surface area contributed by atoms with E-state index in [2.05, 4.69) is 67.1 Å². The summed E-state index contributed by atoms with van der Waals surface area (Å²) in [5, 5.41) is 2.45. The number of hydrogen-bond acceptors (Lipinski definition) is 3. The molecule has 0 bridgehead atoms. The quantitative estimate of drug-likeness (QED) is 0.651. The molecule has 0 atom stereocenters. The number of allylic oxidation sites excluding steroid dienone is 2. The van der Waals surface area contributed by atoms with Crippen LogP contribution in [-0.4, -0.2) is 34.9 Å². The van der Waals surface area contributed by atoms with Gasteiger partial charge in [0.25, 0.3) is 0 Å². The van der Waals surface area contributed by atoms with Gasteiger partial charge in [0.05, 0.1) is 0 Å². The molecule has 0 unspecified atom stereocenters. The summed E-state index contributed by atoms with van der Waals surface area (Å²) in [6, 6.07) is 8.88. The summed E-state index contributed by atoms with van der Waals surface area (Å²) in [5.41, 5.74) is 4.85. The number of hydrogen-bond donors (Lipinski definition) is 0. The Kier molecular flexibility index (Phi) is 6.00. The average Bonchev–Trinajstić information content (AvgIpc) is 2.73. The molecule has 1 aromatic heterocycles. The molecule has 0 saturated carbocycles. The number of fused-ring (bicyclic) bond motifs is 1. The van der Waals surface area contributed by atoms with Crippen LogP contribution in [0.1, 0.15) is 50.3 Å². The smallest absolute Gasteiger partial charge is 0.0442 e. The van der Waals surface area contributed by atoms with Crippen LogP contribution in [0.3, 0.4) is 0 Å². The van der Waals surface area contributed by atoms with Crippen molar-refractivity contribution in [3.8, 4) is 0 Å². The number of nitrogens with zero attached hydrogens (tertiary/aromatic N) is 3. The van der Waals surface area contributed by atoms with Crippen LogP contribution in [0.25, 0.3) is 16.5 Å². The Balaban J connectivity index is 1.84. The number of pyridine rings is 1. The number of piperidine rings is 1. The Hall–Kier alpha value is -2.55. The highest BCUT2D eigenvalue weighted by Crippen LogP contribution is 2.31. The topological polar surface area (TPSA) is 19.4 Å². The maximum Gasteiger partial charge on any atom is 0.0442 e. The van der Waals surface area contributed by atoms with E-state index in [9.17, 15) is 0 Å². The molecular formula is C24H31N3. The molecule has 0 spiro atoms. The van der Waals surface area contributed by atoms with E-state index in [-0.39, 0.29) is 0 Å². The van der Waals surface area contributed by atoms with Crippen molar-refractivity contribution in [3.05, 3.63) is 72.9 Å². The lowest BCUT2D eigenvalue weighted by Gasteiger charge is -2.34. The molecule has 3 nitrogen and oxygen atoms in total. The molecule has 1 saturated heterocycles. The molecule has 3 rings (SSSR count). The van der Waals surface area contributed by atoms with Crippen LogP contribution >= 0.6 is 0 Å². The zero-order valence-electron chi connectivity index (χ0n) is 16.9. The molecular weight excluding hydrogens is 330 g/mol. The molecule has 0 radical (unpaired) electrons. The predicted octanol–water partition coefficient (Wildman–Crippen LogP) is 5.77. The van der Waals surface area contributed by atoms with Crippen LogP contribution in [0.5, 0.6) is 0 Å². The van der Waals surface area contributed by atoms with Crippen molar-refractivity contribution in [2.24, 2.45) is 0 Å². The van der Waals surface area contributed by atoms with Crippen molar-refractivity contribution >= 4 is 16.5 Å². The third-order valence-electron chi connectivity index (χ3n) is 5.73. The lowest BCUT2D eigenvalue weighted by atomic mass is 9.91. The number of rotatable bonds is 6. The zero-order chi connectivity index (χ0) is 19.4. The highest BCUT2D eigenvalue weighted by atomic mass is 15.1. The summed E-state index contributed by atoms with van der Waals surface area (Å²) in [7, 11) is 2.03. The molecule has 2 heterocycles. The van der Waals surface area contributed by atoms with Crippen molar-refractivity contribution in [3.63, 3.8) is 0 Å². The van der Waals surface area contributed by atoms with Crippen molar-refractivity contribution in [2.45, 2.75) is 39.0 Å². The maximum absolute atomic E-state index is 4.78. The molecule has 1 aliphatic heterocycles. The number of aromatic nitrogens is 1. The largest absolute Gasteiger partial charge is 0.375 e. The van der Waals surface area contributed by atoms with Crippen molar-refractivity contribution in [2.75, 3.05) is 20.1 Å². The Morgan fingerprint density at radius 1 is 1.26 bits per heavy atom. The highest BCUT2D eigenvalue weighted by molar-refractivity contribution is 5.86. The number of benzene rings is 1. The fraction of sp³-hybridized carbons (Fsp3) is 0.375. The molecule has 142 valence electrons. The monoisotopic (exact) mass is 361 g/mol. The average molecular weight is 362 g/mol. The molecule has 0 aliphatic carbocycles. The zero-order valence-corrected chi connectivity index (χ0v) is 16.9. The van der Waals surface area contributed by atoms with E-state index in [0.29, 0.717) is 5.92 Å². The maximum atomic E-state index is 4.78. The van der Waals surface area contributed by atoms with Crippen LogP contribution < -0.4 is 0 Å². The first-order valence-electron chi connectivity index (χ1n) is 9.91. The minimum absolute atomic E-state index is 0.538. The second-order valence-corrected chi connectivity index (χ2v) is 7.32. The van der Waals surface area contributed by atoms with E-state index in [1.165, 1.54) is 27.7 Å². The van der Waals surface area contributed by atoms with Gasteiger partial charge in [0.15, 0.2) is 0 Å². The van der Waals surface area contributed by atoms with Gasteiger partial charge < -0.3 is 9.80 Å². The molecule has 1 aromatic carbocycles. The summed E-state index contributed by atoms with van der Waals surface area (Å²) in [4.78, 5) is 9.27. The van der Waals surface area contributed by atoms with Gasteiger partial charge >= 0.3 is 0 Å². The summed E-state index contributed by atoms with van der Waals surface area (Å²) in [5.74, 6) is 0.538. The molecule has 0 N–H and O–H groups in total. The van der Waals surface area contributed by atoms with Crippen molar-refractivity contribution in [1.82, 2.24) is 14.8 Å².